The van der Waals surface area contributed by atoms with E-state index >= 15 is 0 Å². The zero-order chi connectivity index (χ0) is 22.3. The number of hydrogen-bond acceptors (Lipinski definition) is 5. The number of hydrogen-bond donors (Lipinski definition) is 3. The maximum Gasteiger partial charge on any atom is 0.319 e. The molecule has 7 nitrogen and oxygen atoms in total. The van der Waals surface area contributed by atoms with Crippen LogP contribution in [0.2, 0.25) is 5.02 Å². The lowest BCUT2D eigenvalue weighted by Gasteiger charge is -2.40. The molecular weight excluding hydrogens is 426 g/mol. The van der Waals surface area contributed by atoms with Crippen LogP contribution in [0.5, 0.6) is 5.75 Å². The molecule has 2 fully saturated rings. The van der Waals surface area contributed by atoms with Crippen molar-refractivity contribution in [2.45, 2.75) is 31.2 Å². The number of carbonyl (C=O) groups is 1. The van der Waals surface area contributed by atoms with Crippen molar-refractivity contribution < 1.29 is 9.53 Å². The summed E-state index contributed by atoms with van der Waals surface area (Å²) in [6.45, 7) is 5.18. The highest BCUT2D eigenvalue weighted by atomic mass is 35.5. The monoisotopic (exact) mass is 457 g/mol. The minimum Gasteiger partial charge on any atom is -0.495 e. The molecular formula is C24H32ClN5O2. The zero-order valence-corrected chi connectivity index (χ0v) is 19.3. The first-order valence-corrected chi connectivity index (χ1v) is 11.7. The van der Waals surface area contributed by atoms with Crippen LogP contribution in [0.1, 0.15) is 30.9 Å². The van der Waals surface area contributed by atoms with Gasteiger partial charge in [-0.1, -0.05) is 11.6 Å². The molecule has 32 heavy (non-hydrogen) atoms. The van der Waals surface area contributed by atoms with Gasteiger partial charge in [-0.25, -0.2) is 4.79 Å². The van der Waals surface area contributed by atoms with Crippen LogP contribution in [0.25, 0.3) is 0 Å². The molecule has 1 aromatic carbocycles. The summed E-state index contributed by atoms with van der Waals surface area (Å²) in [6.07, 6.45) is 5.10. The number of methoxy groups -OCH3 is 1. The van der Waals surface area contributed by atoms with Gasteiger partial charge < -0.3 is 25.6 Å². The number of rotatable bonds is 6. The first-order chi connectivity index (χ1) is 15.6. The van der Waals surface area contributed by atoms with Crippen LogP contribution in [-0.4, -0.2) is 61.8 Å². The Kier molecular flexibility index (Phi) is 7.84. The van der Waals surface area contributed by atoms with E-state index in [1.54, 1.807) is 37.6 Å². The van der Waals surface area contributed by atoms with Crippen molar-refractivity contribution in [3.63, 3.8) is 0 Å². The van der Waals surface area contributed by atoms with E-state index in [9.17, 15) is 4.79 Å². The number of pyridine rings is 1. The number of nitrogens with one attached hydrogen (secondary N) is 3. The van der Waals surface area contributed by atoms with Gasteiger partial charge in [-0.05, 0) is 74.7 Å². The minimum absolute atomic E-state index is 0.00691. The summed E-state index contributed by atoms with van der Waals surface area (Å²) in [7, 11) is 1.64. The van der Waals surface area contributed by atoms with Crippen molar-refractivity contribution in [1.82, 2.24) is 20.5 Å². The molecule has 8 heteroatoms. The molecule has 0 aliphatic carbocycles. The van der Waals surface area contributed by atoms with Gasteiger partial charge in [0.2, 0.25) is 0 Å². The Morgan fingerprint density at radius 1 is 1.19 bits per heavy atom. The second-order valence-corrected chi connectivity index (χ2v) is 9.12. The second kappa shape index (κ2) is 11.0. The van der Waals surface area contributed by atoms with Crippen molar-refractivity contribution >= 4 is 23.3 Å². The molecule has 0 radical (unpaired) electrons. The van der Waals surface area contributed by atoms with E-state index in [4.69, 9.17) is 16.3 Å². The summed E-state index contributed by atoms with van der Waals surface area (Å²) in [4.78, 5) is 19.9. The van der Waals surface area contributed by atoms with Crippen LogP contribution < -0.4 is 20.7 Å². The predicted octanol–water partition coefficient (Wildman–Crippen LogP) is 3.72. The van der Waals surface area contributed by atoms with Crippen LogP contribution in [-0.2, 0) is 0 Å². The van der Waals surface area contributed by atoms with Crippen molar-refractivity contribution in [2.24, 2.45) is 5.92 Å². The van der Waals surface area contributed by atoms with Gasteiger partial charge in [-0.15, -0.1) is 0 Å². The Labute approximate surface area is 194 Å². The predicted molar refractivity (Wildman–Crippen MR) is 128 cm³/mol. The van der Waals surface area contributed by atoms with Crippen LogP contribution >= 0.6 is 11.6 Å². The summed E-state index contributed by atoms with van der Waals surface area (Å²) < 4.78 is 5.28. The van der Waals surface area contributed by atoms with Gasteiger partial charge in [0.25, 0.3) is 0 Å². The molecule has 2 aliphatic heterocycles. The molecule has 0 saturated carbocycles. The van der Waals surface area contributed by atoms with E-state index in [1.165, 1.54) is 12.8 Å². The van der Waals surface area contributed by atoms with E-state index in [-0.39, 0.29) is 18.0 Å². The number of benzene rings is 1. The molecule has 4 rings (SSSR count). The average molecular weight is 458 g/mol. The molecule has 2 unspecified atom stereocenters. The normalized spacial score (nSPS) is 22.3. The molecule has 0 bridgehead atoms. The molecule has 2 aliphatic rings. The number of likely N-dealkylation sites (tertiary alicyclic amines) is 1. The number of nitrogens with zero attached hydrogens (tertiary/aromatic N) is 2. The third-order valence-corrected chi connectivity index (χ3v) is 6.72. The summed E-state index contributed by atoms with van der Waals surface area (Å²) >= 11 is 5.94. The standard InChI is InChI=1S/C24H32ClN5O2/c1-32-20-6-7-22(27-14-20)21-16-30(15-17-8-11-26-12-9-17)13-10-23(21)29-24(31)28-19-4-2-18(25)3-5-19/h2-7,14,17,21,23,26H,8-13,15-16H2,1H3,(H2,28,29,31). The van der Waals surface area contributed by atoms with E-state index < -0.39 is 0 Å². The highest BCUT2D eigenvalue weighted by Gasteiger charge is 2.33. The fourth-order valence-corrected chi connectivity index (χ4v) is 4.81. The van der Waals surface area contributed by atoms with Gasteiger partial charge >= 0.3 is 6.03 Å². The number of urea groups is 1. The zero-order valence-electron chi connectivity index (χ0n) is 18.5. The number of piperidine rings is 2. The lowest BCUT2D eigenvalue weighted by molar-refractivity contribution is 0.142. The molecule has 2 aromatic rings. The molecule has 0 spiro atoms. The minimum atomic E-state index is -0.206. The van der Waals surface area contributed by atoms with Crippen molar-refractivity contribution in [2.75, 3.05) is 45.2 Å². The van der Waals surface area contributed by atoms with Gasteiger partial charge in [0.05, 0.1) is 13.3 Å². The highest BCUT2D eigenvalue weighted by molar-refractivity contribution is 6.30. The quantitative estimate of drug-likeness (QED) is 0.616. The molecule has 2 saturated heterocycles. The number of ether oxygens (including phenoxy) is 1. The van der Waals surface area contributed by atoms with E-state index in [1.807, 2.05) is 12.1 Å². The number of anilines is 1. The van der Waals surface area contributed by atoms with Crippen molar-refractivity contribution in [3.05, 3.63) is 53.3 Å². The molecule has 2 atom stereocenters. The lowest BCUT2D eigenvalue weighted by atomic mass is 9.87. The third-order valence-electron chi connectivity index (χ3n) is 6.47. The van der Waals surface area contributed by atoms with Gasteiger partial charge in [0, 0.05) is 48.0 Å². The van der Waals surface area contributed by atoms with Gasteiger partial charge in [0.1, 0.15) is 5.75 Å². The Balaban J connectivity index is 1.43. The first kappa shape index (κ1) is 22.8. The average Bonchev–Trinajstić information content (AvgIpc) is 2.82. The molecule has 1 aromatic heterocycles. The summed E-state index contributed by atoms with van der Waals surface area (Å²) in [5, 5.41) is 10.2. The Bertz CT molecular complexity index is 871. The second-order valence-electron chi connectivity index (χ2n) is 8.68. The third kappa shape index (κ3) is 6.12. The number of halogens is 1. The van der Waals surface area contributed by atoms with Crippen molar-refractivity contribution in [1.29, 1.82) is 0 Å². The summed E-state index contributed by atoms with van der Waals surface area (Å²) in [5.74, 6) is 1.59. The fraction of sp³-hybridized carbons (Fsp3) is 0.500. The largest absolute Gasteiger partial charge is 0.495 e. The van der Waals surface area contributed by atoms with E-state index in [0.717, 1.165) is 62.2 Å². The first-order valence-electron chi connectivity index (χ1n) is 11.4. The molecule has 172 valence electrons. The SMILES string of the molecule is COc1ccc(C2CN(CC3CCNCC3)CCC2NC(=O)Nc2ccc(Cl)cc2)nc1. The molecule has 2 amide bonds. The highest BCUT2D eigenvalue weighted by Crippen LogP contribution is 2.29. The van der Waals surface area contributed by atoms with Gasteiger partial charge in [0.15, 0.2) is 0 Å². The lowest BCUT2D eigenvalue weighted by Crippen LogP contribution is -2.52. The van der Waals surface area contributed by atoms with Crippen LogP contribution in [0.3, 0.4) is 0 Å². The van der Waals surface area contributed by atoms with Gasteiger partial charge in [-0.2, -0.15) is 0 Å². The molecule has 3 N–H and O–H groups in total. The molecule has 3 heterocycles. The van der Waals surface area contributed by atoms with Crippen molar-refractivity contribution in [3.8, 4) is 5.75 Å². The Hall–Kier alpha value is -2.35. The van der Waals surface area contributed by atoms with Gasteiger partial charge in [-0.3, -0.25) is 4.98 Å². The summed E-state index contributed by atoms with van der Waals surface area (Å²) in [5.41, 5.74) is 1.70. The van der Waals surface area contributed by atoms with E-state index in [2.05, 4.69) is 25.8 Å². The number of carbonyl (C=O) groups excluding carboxylic acids is 1. The smallest absolute Gasteiger partial charge is 0.319 e. The Morgan fingerprint density at radius 2 is 1.97 bits per heavy atom. The van der Waals surface area contributed by atoms with Crippen LogP contribution in [0.15, 0.2) is 42.6 Å². The van der Waals surface area contributed by atoms with Crippen LogP contribution in [0, 0.1) is 5.92 Å². The Morgan fingerprint density at radius 3 is 2.66 bits per heavy atom. The fourth-order valence-electron chi connectivity index (χ4n) is 4.69. The van der Waals surface area contributed by atoms with E-state index in [0.29, 0.717) is 5.02 Å². The number of aromatic nitrogens is 1. The maximum absolute atomic E-state index is 12.7. The summed E-state index contributed by atoms with van der Waals surface area (Å²) in [6, 6.07) is 10.9. The number of amides is 2. The topological polar surface area (TPSA) is 78.5 Å². The van der Waals surface area contributed by atoms with Crippen LogP contribution in [0.4, 0.5) is 10.5 Å². The maximum atomic E-state index is 12.7.